The van der Waals surface area contributed by atoms with Gasteiger partial charge in [0.05, 0.1) is 0 Å². The molecule has 2 rings (SSSR count). The number of carbonyl (C=O) groups excluding carboxylic acids is 1. The Bertz CT molecular complexity index is 649. The van der Waals surface area contributed by atoms with E-state index in [-0.39, 0.29) is 5.91 Å². The second-order valence-corrected chi connectivity index (χ2v) is 5.32. The summed E-state index contributed by atoms with van der Waals surface area (Å²) in [7, 11) is 0. The number of ether oxygens (including phenoxy) is 1. The van der Waals surface area contributed by atoms with Gasteiger partial charge in [0.15, 0.2) is 6.10 Å². The summed E-state index contributed by atoms with van der Waals surface area (Å²) >= 11 is 0. The quantitative estimate of drug-likeness (QED) is 0.920. The molecule has 2 aromatic carbocycles. The third-order valence-corrected chi connectivity index (χ3v) is 3.51. The third kappa shape index (κ3) is 3.85. The maximum atomic E-state index is 12.2. The number of anilines is 1. The van der Waals surface area contributed by atoms with Crippen molar-refractivity contribution in [1.29, 1.82) is 0 Å². The molecule has 0 saturated heterocycles. The highest BCUT2D eigenvalue weighted by Gasteiger charge is 2.16. The summed E-state index contributed by atoms with van der Waals surface area (Å²) in [6.45, 7) is 7.77. The zero-order valence-corrected chi connectivity index (χ0v) is 12.9. The number of aryl methyl sites for hydroxylation is 2. The van der Waals surface area contributed by atoms with Crippen molar-refractivity contribution in [3.8, 4) is 5.75 Å². The van der Waals surface area contributed by atoms with Crippen LogP contribution in [0.1, 0.15) is 23.6 Å². The Balaban J connectivity index is 2.04. The van der Waals surface area contributed by atoms with Gasteiger partial charge in [-0.15, -0.1) is 0 Å². The Labute approximate surface area is 126 Å². The van der Waals surface area contributed by atoms with Gasteiger partial charge in [-0.3, -0.25) is 4.79 Å². The van der Waals surface area contributed by atoms with E-state index in [1.54, 1.807) is 6.92 Å². The van der Waals surface area contributed by atoms with Crippen molar-refractivity contribution < 1.29 is 9.53 Å². The van der Waals surface area contributed by atoms with Crippen LogP contribution in [0.15, 0.2) is 42.5 Å². The van der Waals surface area contributed by atoms with Crippen LogP contribution in [0.2, 0.25) is 0 Å². The van der Waals surface area contributed by atoms with E-state index in [4.69, 9.17) is 4.74 Å². The van der Waals surface area contributed by atoms with Gasteiger partial charge < -0.3 is 10.1 Å². The molecule has 1 amide bonds. The van der Waals surface area contributed by atoms with Crippen LogP contribution in [0.4, 0.5) is 5.69 Å². The highest BCUT2D eigenvalue weighted by molar-refractivity contribution is 5.94. The molecule has 3 heteroatoms. The van der Waals surface area contributed by atoms with Crippen molar-refractivity contribution in [1.82, 2.24) is 0 Å². The number of carbonyl (C=O) groups is 1. The fourth-order valence-corrected chi connectivity index (χ4v) is 2.06. The number of hydrogen-bond donors (Lipinski definition) is 1. The van der Waals surface area contributed by atoms with Gasteiger partial charge in [0.1, 0.15) is 5.75 Å². The van der Waals surface area contributed by atoms with E-state index in [2.05, 4.69) is 5.32 Å². The summed E-state index contributed by atoms with van der Waals surface area (Å²) in [5, 5.41) is 2.87. The number of benzene rings is 2. The van der Waals surface area contributed by atoms with Crippen molar-refractivity contribution in [2.75, 3.05) is 5.32 Å². The SMILES string of the molecule is Cc1cccc(NC(=O)[C@@H](C)Oc2cccc(C)c2C)c1. The molecule has 3 nitrogen and oxygen atoms in total. The molecule has 1 atom stereocenters. The van der Waals surface area contributed by atoms with Gasteiger partial charge in [0, 0.05) is 5.69 Å². The molecule has 0 radical (unpaired) electrons. The van der Waals surface area contributed by atoms with Crippen molar-refractivity contribution >= 4 is 11.6 Å². The third-order valence-electron chi connectivity index (χ3n) is 3.51. The minimum absolute atomic E-state index is 0.151. The van der Waals surface area contributed by atoms with Gasteiger partial charge in [-0.25, -0.2) is 0 Å². The molecule has 110 valence electrons. The summed E-state index contributed by atoms with van der Waals surface area (Å²) < 4.78 is 5.78. The largest absolute Gasteiger partial charge is 0.481 e. The number of amides is 1. The lowest BCUT2D eigenvalue weighted by atomic mass is 10.1. The molecular weight excluding hydrogens is 262 g/mol. The van der Waals surface area contributed by atoms with E-state index in [1.807, 2.05) is 63.2 Å². The van der Waals surface area contributed by atoms with Gasteiger partial charge in [-0.1, -0.05) is 24.3 Å². The fourth-order valence-electron chi connectivity index (χ4n) is 2.06. The van der Waals surface area contributed by atoms with Crippen LogP contribution in [0.25, 0.3) is 0 Å². The Hall–Kier alpha value is -2.29. The molecule has 0 fully saturated rings. The molecule has 0 unspecified atom stereocenters. The van der Waals surface area contributed by atoms with Gasteiger partial charge >= 0.3 is 0 Å². The van der Waals surface area contributed by atoms with E-state index in [9.17, 15) is 4.79 Å². The lowest BCUT2D eigenvalue weighted by Gasteiger charge is -2.17. The molecule has 0 aromatic heterocycles. The second-order valence-electron chi connectivity index (χ2n) is 5.32. The van der Waals surface area contributed by atoms with E-state index in [0.717, 1.165) is 28.1 Å². The van der Waals surface area contributed by atoms with E-state index in [0.29, 0.717) is 0 Å². The summed E-state index contributed by atoms with van der Waals surface area (Å²) in [5.41, 5.74) is 4.11. The topological polar surface area (TPSA) is 38.3 Å². The first-order valence-electron chi connectivity index (χ1n) is 7.08. The van der Waals surface area contributed by atoms with Gasteiger partial charge in [0.2, 0.25) is 0 Å². The van der Waals surface area contributed by atoms with Crippen molar-refractivity contribution in [3.05, 3.63) is 59.2 Å². The molecular formula is C18H21NO2. The number of nitrogens with one attached hydrogen (secondary N) is 1. The first-order chi connectivity index (χ1) is 9.97. The Morgan fingerprint density at radius 2 is 1.81 bits per heavy atom. The van der Waals surface area contributed by atoms with Gasteiger partial charge in [0.25, 0.3) is 5.91 Å². The van der Waals surface area contributed by atoms with Crippen molar-refractivity contribution in [2.24, 2.45) is 0 Å². The molecule has 0 spiro atoms. The fraction of sp³-hybridized carbons (Fsp3) is 0.278. The standard InChI is InChI=1S/C18H21NO2/c1-12-7-5-9-16(11-12)19-18(20)15(4)21-17-10-6-8-13(2)14(17)3/h5-11,15H,1-4H3,(H,19,20)/t15-/m1/s1. The van der Waals surface area contributed by atoms with Crippen LogP contribution in [0.3, 0.4) is 0 Å². The smallest absolute Gasteiger partial charge is 0.265 e. The molecule has 0 aliphatic rings. The molecule has 0 heterocycles. The van der Waals surface area contributed by atoms with Crippen LogP contribution in [-0.4, -0.2) is 12.0 Å². The van der Waals surface area contributed by atoms with Gasteiger partial charge in [-0.2, -0.15) is 0 Å². The number of hydrogen-bond acceptors (Lipinski definition) is 2. The maximum Gasteiger partial charge on any atom is 0.265 e. The molecule has 0 bridgehead atoms. The molecule has 1 N–H and O–H groups in total. The first kappa shape index (κ1) is 15.1. The molecule has 2 aromatic rings. The molecule has 21 heavy (non-hydrogen) atoms. The molecule has 0 aliphatic carbocycles. The van der Waals surface area contributed by atoms with Crippen LogP contribution in [-0.2, 0) is 4.79 Å². The zero-order chi connectivity index (χ0) is 15.4. The Morgan fingerprint density at radius 3 is 2.52 bits per heavy atom. The number of rotatable bonds is 4. The maximum absolute atomic E-state index is 12.2. The summed E-state index contributed by atoms with van der Waals surface area (Å²) in [4.78, 5) is 12.2. The predicted octanol–water partition coefficient (Wildman–Crippen LogP) is 4.02. The van der Waals surface area contributed by atoms with Crippen LogP contribution in [0, 0.1) is 20.8 Å². The van der Waals surface area contributed by atoms with Gasteiger partial charge in [-0.05, 0) is 62.6 Å². The highest BCUT2D eigenvalue weighted by Crippen LogP contribution is 2.22. The lowest BCUT2D eigenvalue weighted by molar-refractivity contribution is -0.122. The highest BCUT2D eigenvalue weighted by atomic mass is 16.5. The van der Waals surface area contributed by atoms with Crippen LogP contribution in [0.5, 0.6) is 5.75 Å². The van der Waals surface area contributed by atoms with Crippen LogP contribution < -0.4 is 10.1 Å². The minimum Gasteiger partial charge on any atom is -0.481 e. The monoisotopic (exact) mass is 283 g/mol. The molecule has 0 saturated carbocycles. The van der Waals surface area contributed by atoms with E-state index in [1.165, 1.54) is 0 Å². The van der Waals surface area contributed by atoms with Crippen molar-refractivity contribution in [2.45, 2.75) is 33.8 Å². The summed E-state index contributed by atoms with van der Waals surface area (Å²) in [6, 6.07) is 13.6. The average Bonchev–Trinajstić information content (AvgIpc) is 2.44. The average molecular weight is 283 g/mol. The zero-order valence-electron chi connectivity index (χ0n) is 12.9. The van der Waals surface area contributed by atoms with Crippen LogP contribution >= 0.6 is 0 Å². The summed E-state index contributed by atoms with van der Waals surface area (Å²) in [6.07, 6.45) is -0.550. The van der Waals surface area contributed by atoms with E-state index >= 15 is 0 Å². The normalized spacial score (nSPS) is 11.8. The van der Waals surface area contributed by atoms with E-state index < -0.39 is 6.10 Å². The molecule has 0 aliphatic heterocycles. The second kappa shape index (κ2) is 6.44. The van der Waals surface area contributed by atoms with Crippen molar-refractivity contribution in [3.63, 3.8) is 0 Å². The lowest BCUT2D eigenvalue weighted by Crippen LogP contribution is -2.30. The summed E-state index contributed by atoms with van der Waals surface area (Å²) in [5.74, 6) is 0.600. The minimum atomic E-state index is -0.550. The first-order valence-corrected chi connectivity index (χ1v) is 7.08. The Morgan fingerprint density at radius 1 is 1.10 bits per heavy atom. The Kier molecular flexibility index (Phi) is 4.63. The predicted molar refractivity (Wildman–Crippen MR) is 85.8 cm³/mol.